The number of benzene rings is 1. The Morgan fingerprint density at radius 1 is 1.18 bits per heavy atom. The van der Waals surface area contributed by atoms with Crippen LogP contribution in [-0.4, -0.2) is 45.0 Å². The van der Waals surface area contributed by atoms with E-state index in [0.29, 0.717) is 0 Å². The Bertz CT molecular complexity index is 799. The molecule has 1 saturated carbocycles. The zero-order chi connectivity index (χ0) is 20.5. The van der Waals surface area contributed by atoms with Gasteiger partial charge >= 0.3 is 0 Å². The number of ketones is 1. The third-order valence-corrected chi connectivity index (χ3v) is 5.64. The monoisotopic (exact) mass is 387 g/mol. The van der Waals surface area contributed by atoms with E-state index in [9.17, 15) is 24.5 Å². The summed E-state index contributed by atoms with van der Waals surface area (Å²) in [5, 5.41) is 13.8. The molecule has 150 valence electrons. The summed E-state index contributed by atoms with van der Waals surface area (Å²) in [4.78, 5) is 50.5. The molecule has 1 saturated heterocycles. The Labute approximate surface area is 163 Å². The molecule has 8 heteroatoms. The molecule has 2 aliphatic rings. The number of nitrogens with one attached hydrogen (secondary N) is 1. The SMILES string of the molecule is CC(C)N1C(=O)CC1(C(=O)NC1CCCCC1)C(=O)c1ccc([N+](=O)[O-])cc1. The van der Waals surface area contributed by atoms with Gasteiger partial charge in [0.05, 0.1) is 11.3 Å². The number of nitro groups is 1. The lowest BCUT2D eigenvalue weighted by Crippen LogP contribution is -2.76. The maximum Gasteiger partial charge on any atom is 0.269 e. The molecule has 0 aromatic heterocycles. The molecule has 1 aromatic carbocycles. The van der Waals surface area contributed by atoms with Crippen molar-refractivity contribution < 1.29 is 19.3 Å². The topological polar surface area (TPSA) is 110 Å². The maximum atomic E-state index is 13.3. The number of carbonyl (C=O) groups is 3. The summed E-state index contributed by atoms with van der Waals surface area (Å²) >= 11 is 0. The molecule has 0 radical (unpaired) electrons. The fourth-order valence-corrected chi connectivity index (χ4v) is 4.25. The van der Waals surface area contributed by atoms with Crippen LogP contribution in [0.2, 0.25) is 0 Å². The van der Waals surface area contributed by atoms with Crippen LogP contribution < -0.4 is 5.32 Å². The maximum absolute atomic E-state index is 13.3. The van der Waals surface area contributed by atoms with E-state index in [2.05, 4.69) is 5.32 Å². The van der Waals surface area contributed by atoms with Gasteiger partial charge in [0.2, 0.25) is 5.91 Å². The number of likely N-dealkylation sites (tertiary alicyclic amines) is 1. The number of hydrogen-bond acceptors (Lipinski definition) is 5. The third-order valence-electron chi connectivity index (χ3n) is 5.64. The number of amides is 2. The lowest BCUT2D eigenvalue weighted by molar-refractivity contribution is -0.384. The summed E-state index contributed by atoms with van der Waals surface area (Å²) in [6.07, 6.45) is 4.74. The molecule has 1 aliphatic heterocycles. The summed E-state index contributed by atoms with van der Waals surface area (Å²) in [5.41, 5.74) is -1.54. The molecule has 2 amide bonds. The zero-order valence-corrected chi connectivity index (χ0v) is 16.1. The molecule has 1 aromatic rings. The van der Waals surface area contributed by atoms with E-state index in [1.807, 2.05) is 0 Å². The first-order valence-corrected chi connectivity index (χ1v) is 9.69. The molecule has 0 bridgehead atoms. The van der Waals surface area contributed by atoms with Crippen molar-refractivity contribution in [2.75, 3.05) is 0 Å². The highest BCUT2D eigenvalue weighted by Gasteiger charge is 2.62. The minimum absolute atomic E-state index is 0.00694. The van der Waals surface area contributed by atoms with E-state index in [0.717, 1.165) is 32.1 Å². The van der Waals surface area contributed by atoms with E-state index in [1.54, 1.807) is 13.8 Å². The molecule has 8 nitrogen and oxygen atoms in total. The first-order chi connectivity index (χ1) is 13.3. The smallest absolute Gasteiger partial charge is 0.269 e. The summed E-state index contributed by atoms with van der Waals surface area (Å²) in [7, 11) is 0. The molecule has 1 aliphatic carbocycles. The van der Waals surface area contributed by atoms with Crippen molar-refractivity contribution in [1.29, 1.82) is 0 Å². The van der Waals surface area contributed by atoms with Crippen LogP contribution in [0.15, 0.2) is 24.3 Å². The van der Waals surface area contributed by atoms with Crippen molar-refractivity contribution in [3.8, 4) is 0 Å². The van der Waals surface area contributed by atoms with Crippen molar-refractivity contribution in [2.24, 2.45) is 0 Å². The predicted octanol–water partition coefficient (Wildman–Crippen LogP) is 2.61. The van der Waals surface area contributed by atoms with Crippen molar-refractivity contribution >= 4 is 23.3 Å². The summed E-state index contributed by atoms with van der Waals surface area (Å²) in [6, 6.07) is 4.85. The van der Waals surface area contributed by atoms with Crippen LogP contribution in [-0.2, 0) is 9.59 Å². The molecule has 2 fully saturated rings. The lowest BCUT2D eigenvalue weighted by atomic mass is 9.75. The van der Waals surface area contributed by atoms with Crippen molar-refractivity contribution in [3.63, 3.8) is 0 Å². The Morgan fingerprint density at radius 2 is 1.79 bits per heavy atom. The van der Waals surface area contributed by atoms with Gasteiger partial charge in [-0.25, -0.2) is 0 Å². The molecule has 1 unspecified atom stereocenters. The Morgan fingerprint density at radius 3 is 2.29 bits per heavy atom. The zero-order valence-electron chi connectivity index (χ0n) is 16.1. The van der Waals surface area contributed by atoms with Gasteiger partial charge in [0.25, 0.3) is 11.6 Å². The predicted molar refractivity (Wildman–Crippen MR) is 102 cm³/mol. The molecule has 3 rings (SSSR count). The Kier molecular flexibility index (Phi) is 5.49. The number of non-ortho nitro benzene ring substituents is 1. The van der Waals surface area contributed by atoms with Gasteiger partial charge in [-0.15, -0.1) is 0 Å². The second-order valence-corrected chi connectivity index (χ2v) is 7.84. The molecule has 1 atom stereocenters. The standard InChI is InChI=1S/C20H25N3O5/c1-13(2)22-17(24)12-20(22,19(26)21-15-6-4-3-5-7-15)18(25)14-8-10-16(11-9-14)23(27)28/h8-11,13,15H,3-7,12H2,1-2H3,(H,21,26). The molecule has 1 heterocycles. The highest BCUT2D eigenvalue weighted by molar-refractivity contribution is 6.24. The van der Waals surface area contributed by atoms with Crippen LogP contribution in [0, 0.1) is 10.1 Å². The van der Waals surface area contributed by atoms with Crippen LogP contribution in [0.25, 0.3) is 0 Å². The third kappa shape index (κ3) is 3.39. The number of β-lactam (4-membered cyclic amide) rings is 1. The van der Waals surface area contributed by atoms with Crippen LogP contribution in [0.1, 0.15) is 62.7 Å². The van der Waals surface area contributed by atoms with Crippen LogP contribution in [0.4, 0.5) is 5.69 Å². The number of hydrogen-bond donors (Lipinski definition) is 1. The number of nitrogens with zero attached hydrogens (tertiary/aromatic N) is 2. The molecular formula is C20H25N3O5. The average molecular weight is 387 g/mol. The van der Waals surface area contributed by atoms with Crippen molar-refractivity contribution in [2.45, 2.75) is 70.0 Å². The largest absolute Gasteiger partial charge is 0.351 e. The van der Waals surface area contributed by atoms with Crippen molar-refractivity contribution in [3.05, 3.63) is 39.9 Å². The minimum atomic E-state index is -1.58. The second-order valence-electron chi connectivity index (χ2n) is 7.84. The summed E-state index contributed by atoms with van der Waals surface area (Å²) in [5.74, 6) is -1.19. The van der Waals surface area contributed by atoms with Gasteiger partial charge in [-0.05, 0) is 38.8 Å². The van der Waals surface area contributed by atoms with Gasteiger partial charge in [-0.3, -0.25) is 24.5 Å². The van der Waals surface area contributed by atoms with Gasteiger partial charge in [-0.1, -0.05) is 19.3 Å². The minimum Gasteiger partial charge on any atom is -0.351 e. The number of nitro benzene ring substituents is 1. The van der Waals surface area contributed by atoms with E-state index in [4.69, 9.17) is 0 Å². The number of Topliss-reactive ketones (excluding diaryl/α,β-unsaturated/α-hetero) is 1. The highest BCUT2D eigenvalue weighted by Crippen LogP contribution is 2.38. The van der Waals surface area contributed by atoms with Gasteiger partial charge in [0.1, 0.15) is 0 Å². The van der Waals surface area contributed by atoms with E-state index < -0.39 is 22.2 Å². The molecule has 1 N–H and O–H groups in total. The van der Waals surface area contributed by atoms with Gasteiger partial charge in [0, 0.05) is 29.8 Å². The van der Waals surface area contributed by atoms with Crippen LogP contribution in [0.3, 0.4) is 0 Å². The fourth-order valence-electron chi connectivity index (χ4n) is 4.25. The average Bonchev–Trinajstić information content (AvgIpc) is 2.65. The Balaban J connectivity index is 1.92. The van der Waals surface area contributed by atoms with Gasteiger partial charge in [0.15, 0.2) is 11.3 Å². The van der Waals surface area contributed by atoms with Gasteiger partial charge < -0.3 is 10.2 Å². The number of rotatable bonds is 6. The summed E-state index contributed by atoms with van der Waals surface area (Å²) in [6.45, 7) is 3.53. The highest BCUT2D eigenvalue weighted by atomic mass is 16.6. The normalized spacial score (nSPS) is 22.7. The summed E-state index contributed by atoms with van der Waals surface area (Å²) < 4.78 is 0. The van der Waals surface area contributed by atoms with Crippen LogP contribution >= 0.6 is 0 Å². The van der Waals surface area contributed by atoms with Crippen molar-refractivity contribution in [1.82, 2.24) is 10.2 Å². The van der Waals surface area contributed by atoms with E-state index >= 15 is 0 Å². The van der Waals surface area contributed by atoms with Gasteiger partial charge in [-0.2, -0.15) is 0 Å². The lowest BCUT2D eigenvalue weighted by Gasteiger charge is -2.51. The fraction of sp³-hybridized carbons (Fsp3) is 0.550. The molecule has 0 spiro atoms. The number of carbonyl (C=O) groups excluding carboxylic acids is 3. The first-order valence-electron chi connectivity index (χ1n) is 9.69. The Hall–Kier alpha value is -2.77. The quantitative estimate of drug-likeness (QED) is 0.265. The first kappa shape index (κ1) is 20.0. The van der Waals surface area contributed by atoms with E-state index in [-0.39, 0.29) is 35.7 Å². The molecule has 28 heavy (non-hydrogen) atoms. The van der Waals surface area contributed by atoms with Crippen LogP contribution in [0.5, 0.6) is 0 Å². The second kappa shape index (κ2) is 7.69. The molecular weight excluding hydrogens is 362 g/mol. The van der Waals surface area contributed by atoms with E-state index in [1.165, 1.54) is 29.2 Å².